The van der Waals surface area contributed by atoms with Crippen molar-refractivity contribution in [2.75, 3.05) is 63.1 Å². The molecular formula is C47H50BrF3N8O4. The first-order chi connectivity index (χ1) is 30.6. The summed E-state index contributed by atoms with van der Waals surface area (Å²) >= 11 is 3.48. The van der Waals surface area contributed by atoms with Gasteiger partial charge in [-0.25, -0.2) is 0 Å². The largest absolute Gasteiger partial charge is 0.492 e. The molecule has 0 spiro atoms. The average molecular weight is 928 g/mol. The van der Waals surface area contributed by atoms with Gasteiger partial charge in [0.2, 0.25) is 0 Å². The maximum absolute atomic E-state index is 14.0. The molecule has 6 aromatic rings. The van der Waals surface area contributed by atoms with Crippen LogP contribution in [0.4, 0.5) is 24.5 Å². The Balaban J connectivity index is 0.856. The van der Waals surface area contributed by atoms with Crippen molar-refractivity contribution >= 4 is 33.2 Å². The Morgan fingerprint density at radius 3 is 2.13 bits per heavy atom. The van der Waals surface area contributed by atoms with Crippen molar-refractivity contribution in [3.63, 3.8) is 0 Å². The second kappa shape index (κ2) is 20.2. The molecule has 16 heteroatoms. The molecule has 8 rings (SSSR count). The van der Waals surface area contributed by atoms with Gasteiger partial charge in [0, 0.05) is 51.7 Å². The van der Waals surface area contributed by atoms with Crippen molar-refractivity contribution in [1.29, 1.82) is 0 Å². The molecule has 4 aromatic carbocycles. The number of ether oxygens (including phenoxy) is 2. The summed E-state index contributed by atoms with van der Waals surface area (Å²) in [6.45, 7) is 6.38. The number of carbonyl (C=O) groups excluding carboxylic acids is 1. The van der Waals surface area contributed by atoms with Gasteiger partial charge in [0.05, 0.1) is 23.3 Å². The summed E-state index contributed by atoms with van der Waals surface area (Å²) < 4.78 is 55.0. The van der Waals surface area contributed by atoms with Gasteiger partial charge in [-0.15, -0.1) is 0 Å². The normalized spacial score (nSPS) is 15.8. The number of hydrogen-bond donors (Lipinski definition) is 5. The molecule has 330 valence electrons. The molecule has 1 atom stereocenters. The molecular weight excluding hydrogens is 877 g/mol. The minimum absolute atomic E-state index is 0.158. The number of likely N-dealkylation sites (tertiary alicyclic amines) is 2. The van der Waals surface area contributed by atoms with Crippen molar-refractivity contribution in [2.45, 2.75) is 50.4 Å². The number of rotatable bonds is 16. The quantitative estimate of drug-likeness (QED) is 0.0600. The third-order valence-corrected chi connectivity index (χ3v) is 12.2. The number of hydrogen-bond acceptors (Lipinski definition) is 9. The number of aromatic amines is 2. The van der Waals surface area contributed by atoms with E-state index in [2.05, 4.69) is 56.8 Å². The number of piperidine rings is 2. The fraction of sp³-hybridized carbons (Fsp3) is 0.340. The number of aromatic nitrogens is 4. The maximum atomic E-state index is 14.0. The minimum Gasteiger partial charge on any atom is -0.492 e. The van der Waals surface area contributed by atoms with E-state index >= 15 is 0 Å². The average Bonchev–Trinajstić information content (AvgIpc) is 4.02. The molecule has 63 heavy (non-hydrogen) atoms. The van der Waals surface area contributed by atoms with Gasteiger partial charge in [0.15, 0.2) is 6.23 Å². The number of nitrogens with one attached hydrogen (secondary N) is 4. The van der Waals surface area contributed by atoms with Crippen LogP contribution < -0.4 is 20.1 Å². The Labute approximate surface area is 372 Å². The summed E-state index contributed by atoms with van der Waals surface area (Å²) in [6.07, 6.45) is 2.00. The summed E-state index contributed by atoms with van der Waals surface area (Å²) in [6, 6.07) is 27.0. The van der Waals surface area contributed by atoms with Crippen LogP contribution in [0.25, 0.3) is 22.5 Å². The smallest absolute Gasteiger partial charge is 0.420 e. The van der Waals surface area contributed by atoms with E-state index in [4.69, 9.17) is 9.47 Å². The van der Waals surface area contributed by atoms with Gasteiger partial charge in [-0.05, 0) is 130 Å². The van der Waals surface area contributed by atoms with Gasteiger partial charge >= 0.3 is 6.18 Å². The number of aliphatic hydroxyl groups excluding tert-OH is 1. The summed E-state index contributed by atoms with van der Waals surface area (Å²) in [5.74, 6) is 1.25. The molecule has 2 aromatic heterocycles. The van der Waals surface area contributed by atoms with Crippen molar-refractivity contribution in [1.82, 2.24) is 30.2 Å². The molecule has 5 N–H and O–H groups in total. The molecule has 1 amide bonds. The van der Waals surface area contributed by atoms with E-state index < -0.39 is 18.0 Å². The number of aliphatic hydroxyl groups is 1. The van der Waals surface area contributed by atoms with E-state index in [0.29, 0.717) is 53.8 Å². The monoisotopic (exact) mass is 926 g/mol. The van der Waals surface area contributed by atoms with E-state index in [1.54, 1.807) is 60.8 Å². The number of carbonyl (C=O) groups is 1. The Bertz CT molecular complexity index is 2410. The topological polar surface area (TPSA) is 144 Å². The standard InChI is InChI=1S/C47H50BrF3N8O4/c48-35-9-15-38(41-16-19-52-56-41)43(29-35)55-46(61)33-6-12-37(13-7-33)63-27-25-59-22-17-31(18-23-59)34-8-14-39(44-40(30-53-57-44)47(49,50)51)42(28-34)54-45(60)32-4-10-36(11-5-32)62-26-24-58-20-2-1-3-21-58/h4-16,19,28-31,45,54,60H,1-3,17-18,20-27H2,(H,52,56)(H,53,57)(H,55,61). The van der Waals surface area contributed by atoms with Gasteiger partial charge in [-0.1, -0.05) is 46.6 Å². The number of nitrogens with zero attached hydrogens (tertiary/aromatic N) is 4. The van der Waals surface area contributed by atoms with Crippen LogP contribution in [-0.4, -0.2) is 93.7 Å². The van der Waals surface area contributed by atoms with Crippen molar-refractivity contribution in [3.8, 4) is 34.0 Å². The highest BCUT2D eigenvalue weighted by Crippen LogP contribution is 2.41. The van der Waals surface area contributed by atoms with Crippen LogP contribution in [-0.2, 0) is 6.18 Å². The number of benzene rings is 4. The molecule has 0 aliphatic carbocycles. The first kappa shape index (κ1) is 43.9. The number of amides is 1. The Morgan fingerprint density at radius 2 is 1.46 bits per heavy atom. The Kier molecular flexibility index (Phi) is 14.1. The van der Waals surface area contributed by atoms with E-state index in [0.717, 1.165) is 73.1 Å². The highest BCUT2D eigenvalue weighted by Gasteiger charge is 2.36. The van der Waals surface area contributed by atoms with Crippen LogP contribution in [0.1, 0.15) is 71.3 Å². The minimum atomic E-state index is -4.62. The predicted octanol–water partition coefficient (Wildman–Crippen LogP) is 9.73. The third kappa shape index (κ3) is 11.3. The van der Waals surface area contributed by atoms with Crippen LogP contribution in [0.3, 0.4) is 0 Å². The number of H-pyrrole nitrogens is 2. The SMILES string of the molecule is O=C(Nc1cc(Br)ccc1-c1ccn[nH]1)c1ccc(OCCN2CCC(c3ccc(-c4[nH]ncc4C(F)(F)F)c(NC(O)c4ccc(OCCN5CCCCC5)cc4)c3)CC2)cc1. The van der Waals surface area contributed by atoms with Gasteiger partial charge in [0.25, 0.3) is 5.91 Å². The van der Waals surface area contributed by atoms with E-state index in [-0.39, 0.29) is 23.1 Å². The van der Waals surface area contributed by atoms with Gasteiger partial charge in [0.1, 0.15) is 30.3 Å². The second-order valence-electron chi connectivity index (χ2n) is 15.9. The maximum Gasteiger partial charge on any atom is 0.420 e. The van der Waals surface area contributed by atoms with Crippen LogP contribution in [0, 0.1) is 0 Å². The molecule has 2 aliphatic heterocycles. The first-order valence-electron chi connectivity index (χ1n) is 21.3. The Morgan fingerprint density at radius 1 is 0.794 bits per heavy atom. The zero-order valence-corrected chi connectivity index (χ0v) is 36.2. The summed E-state index contributed by atoms with van der Waals surface area (Å²) in [7, 11) is 0. The molecule has 0 saturated carbocycles. The van der Waals surface area contributed by atoms with Crippen molar-refractivity contribution in [3.05, 3.63) is 130 Å². The zero-order valence-electron chi connectivity index (χ0n) is 34.6. The van der Waals surface area contributed by atoms with E-state index in [1.165, 1.54) is 19.3 Å². The third-order valence-electron chi connectivity index (χ3n) is 11.7. The highest BCUT2D eigenvalue weighted by molar-refractivity contribution is 9.10. The fourth-order valence-electron chi connectivity index (χ4n) is 8.25. The van der Waals surface area contributed by atoms with Crippen LogP contribution in [0.5, 0.6) is 11.5 Å². The molecule has 4 heterocycles. The van der Waals surface area contributed by atoms with Crippen LogP contribution in [0.2, 0.25) is 0 Å². The van der Waals surface area contributed by atoms with Crippen molar-refractivity contribution < 1.29 is 32.5 Å². The molecule has 0 radical (unpaired) electrons. The Hall–Kier alpha value is -5.68. The van der Waals surface area contributed by atoms with Gasteiger partial charge < -0.3 is 25.2 Å². The van der Waals surface area contributed by atoms with Crippen LogP contribution in [0.15, 0.2) is 108 Å². The van der Waals surface area contributed by atoms with E-state index in [1.807, 2.05) is 36.4 Å². The predicted molar refractivity (Wildman–Crippen MR) is 240 cm³/mol. The second-order valence-corrected chi connectivity index (χ2v) is 16.8. The molecule has 0 bridgehead atoms. The number of alkyl halides is 3. The molecule has 2 aliphatic rings. The van der Waals surface area contributed by atoms with Gasteiger partial charge in [-0.3, -0.25) is 24.8 Å². The number of halogens is 4. The molecule has 2 saturated heterocycles. The van der Waals surface area contributed by atoms with E-state index in [9.17, 15) is 23.1 Å². The molecule has 12 nitrogen and oxygen atoms in total. The van der Waals surface area contributed by atoms with Gasteiger partial charge in [-0.2, -0.15) is 23.4 Å². The lowest BCUT2D eigenvalue weighted by Crippen LogP contribution is -2.35. The first-order valence-corrected chi connectivity index (χ1v) is 22.1. The van der Waals surface area contributed by atoms with Crippen LogP contribution >= 0.6 is 15.9 Å². The summed E-state index contributed by atoms with van der Waals surface area (Å²) in [5, 5.41) is 30.7. The summed E-state index contributed by atoms with van der Waals surface area (Å²) in [5.41, 5.74) is 3.82. The molecule has 1 unspecified atom stereocenters. The highest BCUT2D eigenvalue weighted by atomic mass is 79.9. The fourth-order valence-corrected chi connectivity index (χ4v) is 8.61. The zero-order chi connectivity index (χ0) is 43.8. The lowest BCUT2D eigenvalue weighted by molar-refractivity contribution is -0.137. The lowest BCUT2D eigenvalue weighted by atomic mass is 9.88. The number of anilines is 2. The lowest BCUT2D eigenvalue weighted by Gasteiger charge is -2.32. The van der Waals surface area contributed by atoms with Crippen molar-refractivity contribution in [2.24, 2.45) is 0 Å². The summed E-state index contributed by atoms with van der Waals surface area (Å²) in [4.78, 5) is 17.9. The molecule has 2 fully saturated rings.